The van der Waals surface area contributed by atoms with E-state index in [-0.39, 0.29) is 5.56 Å². The molecule has 0 heterocycles. The maximum Gasteiger partial charge on any atom is 0.416 e. The third kappa shape index (κ3) is 4.49. The van der Waals surface area contributed by atoms with Crippen LogP contribution >= 0.6 is 0 Å². The molecule has 0 atom stereocenters. The van der Waals surface area contributed by atoms with Crippen LogP contribution in [0.25, 0.3) is 0 Å². The zero-order valence-corrected chi connectivity index (χ0v) is 12.2. The molecule has 134 valence electrons. The molecule has 0 aliphatic rings. The molecular formula is C16H9F7O2. The minimum atomic E-state index is -4.91. The van der Waals surface area contributed by atoms with Gasteiger partial charge in [-0.1, -0.05) is 0 Å². The number of hydrogen-bond acceptors (Lipinski definition) is 2. The van der Waals surface area contributed by atoms with Crippen LogP contribution < -0.4 is 4.74 Å². The fourth-order valence-electron chi connectivity index (χ4n) is 2.03. The highest BCUT2D eigenvalue weighted by Gasteiger charge is 2.37. The van der Waals surface area contributed by atoms with Crippen LogP contribution in [0.4, 0.5) is 30.7 Å². The number of carbonyl (C=O) groups excluding carboxylic acids is 1. The first-order valence-electron chi connectivity index (χ1n) is 6.67. The number of rotatable bonds is 4. The van der Waals surface area contributed by atoms with E-state index in [2.05, 4.69) is 0 Å². The van der Waals surface area contributed by atoms with Gasteiger partial charge in [-0.25, -0.2) is 4.39 Å². The average Bonchev–Trinajstić information content (AvgIpc) is 2.52. The topological polar surface area (TPSA) is 26.3 Å². The van der Waals surface area contributed by atoms with Crippen molar-refractivity contribution in [1.82, 2.24) is 0 Å². The lowest BCUT2D eigenvalue weighted by Crippen LogP contribution is -2.14. The average molecular weight is 366 g/mol. The van der Waals surface area contributed by atoms with Gasteiger partial charge in [-0.3, -0.25) is 4.79 Å². The summed E-state index contributed by atoms with van der Waals surface area (Å²) in [7, 11) is 0. The summed E-state index contributed by atoms with van der Waals surface area (Å²) in [6, 6.07) is 3.80. The monoisotopic (exact) mass is 366 g/mol. The minimum Gasteiger partial charge on any atom is -0.486 e. The number of halogens is 7. The number of aldehydes is 1. The smallest absolute Gasteiger partial charge is 0.416 e. The fourth-order valence-corrected chi connectivity index (χ4v) is 2.03. The van der Waals surface area contributed by atoms with Gasteiger partial charge in [-0.15, -0.1) is 0 Å². The van der Waals surface area contributed by atoms with Crippen LogP contribution in [0.15, 0.2) is 36.4 Å². The van der Waals surface area contributed by atoms with Crippen LogP contribution in [0.5, 0.6) is 5.75 Å². The molecule has 0 bridgehead atoms. The Balaban J connectivity index is 2.38. The summed E-state index contributed by atoms with van der Waals surface area (Å²) < 4.78 is 95.4. The third-order valence-electron chi connectivity index (χ3n) is 3.21. The molecule has 0 aromatic heterocycles. The molecule has 9 heteroatoms. The van der Waals surface area contributed by atoms with Crippen molar-refractivity contribution < 1.29 is 40.3 Å². The lowest BCUT2D eigenvalue weighted by Gasteiger charge is -2.16. The van der Waals surface area contributed by atoms with Gasteiger partial charge in [0.15, 0.2) is 11.6 Å². The largest absolute Gasteiger partial charge is 0.486 e. The predicted octanol–water partition coefficient (Wildman–Crippen LogP) is 5.25. The Bertz CT molecular complexity index is 779. The summed E-state index contributed by atoms with van der Waals surface area (Å²) in [5, 5.41) is 0. The summed E-state index contributed by atoms with van der Waals surface area (Å²) in [4.78, 5) is 10.6. The van der Waals surface area contributed by atoms with E-state index in [1.165, 1.54) is 0 Å². The van der Waals surface area contributed by atoms with Gasteiger partial charge < -0.3 is 4.74 Å². The zero-order chi connectivity index (χ0) is 18.8. The summed E-state index contributed by atoms with van der Waals surface area (Å²) in [5.74, 6) is -1.51. The van der Waals surface area contributed by atoms with Crippen LogP contribution in [0.1, 0.15) is 27.0 Å². The highest BCUT2D eigenvalue weighted by atomic mass is 19.4. The van der Waals surface area contributed by atoms with E-state index in [0.29, 0.717) is 24.5 Å². The minimum absolute atomic E-state index is 0.00325. The lowest BCUT2D eigenvalue weighted by molar-refractivity contribution is -0.142. The number of benzene rings is 2. The molecule has 25 heavy (non-hydrogen) atoms. The molecule has 0 saturated heterocycles. The van der Waals surface area contributed by atoms with Gasteiger partial charge in [-0.05, 0) is 36.4 Å². The Morgan fingerprint density at radius 2 is 1.60 bits per heavy atom. The van der Waals surface area contributed by atoms with Crippen molar-refractivity contribution in [2.45, 2.75) is 19.0 Å². The second-order valence-corrected chi connectivity index (χ2v) is 4.96. The molecule has 0 spiro atoms. The van der Waals surface area contributed by atoms with Crippen LogP contribution in [-0.4, -0.2) is 6.29 Å². The molecule has 0 aliphatic heterocycles. The van der Waals surface area contributed by atoms with Gasteiger partial charge in [0.05, 0.1) is 11.1 Å². The molecule has 0 saturated carbocycles. The predicted molar refractivity (Wildman–Crippen MR) is 72.6 cm³/mol. The van der Waals surface area contributed by atoms with Crippen molar-refractivity contribution in [2.24, 2.45) is 0 Å². The van der Waals surface area contributed by atoms with Gasteiger partial charge in [-0.2, -0.15) is 26.3 Å². The second kappa shape index (κ2) is 6.73. The van der Waals surface area contributed by atoms with Crippen molar-refractivity contribution in [2.75, 3.05) is 0 Å². The van der Waals surface area contributed by atoms with E-state index in [1.54, 1.807) is 0 Å². The lowest BCUT2D eigenvalue weighted by atomic mass is 10.0. The zero-order valence-electron chi connectivity index (χ0n) is 12.2. The van der Waals surface area contributed by atoms with E-state index in [1.807, 2.05) is 0 Å². The van der Waals surface area contributed by atoms with Crippen LogP contribution in [0.3, 0.4) is 0 Å². The quantitative estimate of drug-likeness (QED) is 0.545. The van der Waals surface area contributed by atoms with E-state index < -0.39 is 47.2 Å². The van der Waals surface area contributed by atoms with E-state index in [4.69, 9.17) is 4.74 Å². The molecule has 0 aliphatic carbocycles. The first-order valence-corrected chi connectivity index (χ1v) is 6.67. The van der Waals surface area contributed by atoms with Gasteiger partial charge in [0.2, 0.25) is 0 Å². The highest BCUT2D eigenvalue weighted by molar-refractivity contribution is 5.75. The van der Waals surface area contributed by atoms with Gasteiger partial charge in [0, 0.05) is 11.1 Å². The maximum absolute atomic E-state index is 13.6. The highest BCUT2D eigenvalue weighted by Crippen LogP contribution is 2.37. The first-order chi connectivity index (χ1) is 11.5. The molecular weight excluding hydrogens is 357 g/mol. The molecule has 2 rings (SSSR count). The molecule has 0 unspecified atom stereocenters. The third-order valence-corrected chi connectivity index (χ3v) is 3.21. The molecule has 0 fully saturated rings. The standard InChI is InChI=1S/C16H9F7O2/c17-13-4-1-9(7-24)5-14(13)25-8-10-6-11(15(18,19)20)2-3-12(10)16(21,22)23/h1-7H,8H2. The molecule has 2 aromatic rings. The SMILES string of the molecule is O=Cc1ccc(F)c(OCc2cc(C(F)(F)F)ccc2C(F)(F)F)c1. The normalized spacial score (nSPS) is 12.1. The van der Waals surface area contributed by atoms with Crippen molar-refractivity contribution in [3.05, 3.63) is 64.5 Å². The molecule has 2 nitrogen and oxygen atoms in total. The van der Waals surface area contributed by atoms with Gasteiger partial charge in [0.1, 0.15) is 12.9 Å². The van der Waals surface area contributed by atoms with Gasteiger partial charge in [0.25, 0.3) is 0 Å². The summed E-state index contributed by atoms with van der Waals surface area (Å²) in [6.45, 7) is -0.960. The fraction of sp³-hybridized carbons (Fsp3) is 0.188. The van der Waals surface area contributed by atoms with Gasteiger partial charge >= 0.3 is 12.4 Å². The van der Waals surface area contributed by atoms with Crippen LogP contribution in [0, 0.1) is 5.82 Å². The van der Waals surface area contributed by atoms with E-state index >= 15 is 0 Å². The Morgan fingerprint density at radius 3 is 2.16 bits per heavy atom. The number of ether oxygens (including phenoxy) is 1. The van der Waals surface area contributed by atoms with E-state index in [9.17, 15) is 35.5 Å². The molecule has 0 amide bonds. The van der Waals surface area contributed by atoms with Crippen molar-refractivity contribution in [3.63, 3.8) is 0 Å². The van der Waals surface area contributed by atoms with Crippen LogP contribution in [0.2, 0.25) is 0 Å². The molecule has 2 aromatic carbocycles. The Hall–Kier alpha value is -2.58. The Morgan fingerprint density at radius 1 is 0.920 bits per heavy atom. The second-order valence-electron chi connectivity index (χ2n) is 4.96. The van der Waals surface area contributed by atoms with Crippen LogP contribution in [-0.2, 0) is 19.0 Å². The summed E-state index contributed by atoms with van der Waals surface area (Å²) >= 11 is 0. The summed E-state index contributed by atoms with van der Waals surface area (Å²) in [5.41, 5.74) is -3.43. The number of hydrogen-bond donors (Lipinski definition) is 0. The first kappa shape index (κ1) is 18.8. The Labute approximate surface area is 136 Å². The summed E-state index contributed by atoms with van der Waals surface area (Å²) in [6.07, 6.45) is -9.40. The number of alkyl halides is 6. The molecule has 0 radical (unpaired) electrons. The van der Waals surface area contributed by atoms with E-state index in [0.717, 1.165) is 18.2 Å². The number of carbonyl (C=O) groups is 1. The molecule has 0 N–H and O–H groups in total. The van der Waals surface area contributed by atoms with Crippen molar-refractivity contribution in [3.8, 4) is 5.75 Å². The Kier molecular flexibility index (Phi) is 5.05. The van der Waals surface area contributed by atoms with Crippen molar-refractivity contribution >= 4 is 6.29 Å². The maximum atomic E-state index is 13.6. The van der Waals surface area contributed by atoms with Crippen molar-refractivity contribution in [1.29, 1.82) is 0 Å².